The molecule has 2 fully saturated rings. The van der Waals surface area contributed by atoms with E-state index in [-0.39, 0.29) is 43.4 Å². The number of rotatable bonds is 7. The van der Waals surface area contributed by atoms with Crippen LogP contribution >= 0.6 is 11.8 Å². The van der Waals surface area contributed by atoms with E-state index < -0.39 is 17.3 Å². The van der Waals surface area contributed by atoms with Gasteiger partial charge >= 0.3 is 12.1 Å². The van der Waals surface area contributed by atoms with Gasteiger partial charge in [-0.05, 0) is 41.0 Å². The number of nitrogens with zero attached hydrogens (tertiary/aromatic N) is 1. The Hall–Kier alpha value is -3.00. The summed E-state index contributed by atoms with van der Waals surface area (Å²) in [5, 5.41) is 11.6. The molecule has 2 unspecified atom stereocenters. The van der Waals surface area contributed by atoms with E-state index in [0.717, 1.165) is 24.0 Å². The fourth-order valence-corrected chi connectivity index (χ4v) is 6.01. The number of alkyl carbamates (subject to hydrolysis) is 1. The first-order valence-corrected chi connectivity index (χ1v) is 12.8. The van der Waals surface area contributed by atoms with Gasteiger partial charge in [-0.15, -0.1) is 11.8 Å². The predicted molar refractivity (Wildman–Crippen MR) is 130 cm³/mol. The van der Waals surface area contributed by atoms with Crippen LogP contribution in [0.2, 0.25) is 0 Å². The Morgan fingerprint density at radius 1 is 1.06 bits per heavy atom. The number of nitrogens with one attached hydrogen (secondary N) is 1. The quantitative estimate of drug-likeness (QED) is 0.627. The maximum Gasteiger partial charge on any atom is 0.407 e. The molecule has 34 heavy (non-hydrogen) atoms. The van der Waals surface area contributed by atoms with E-state index in [1.54, 1.807) is 4.90 Å². The number of carbonyl (C=O) groups is 3. The fourth-order valence-electron chi connectivity index (χ4n) is 4.97. The number of hydrogen-bond donors (Lipinski definition) is 2. The van der Waals surface area contributed by atoms with Gasteiger partial charge in [-0.2, -0.15) is 0 Å². The van der Waals surface area contributed by atoms with E-state index in [9.17, 15) is 19.5 Å². The third kappa shape index (κ3) is 4.78. The van der Waals surface area contributed by atoms with Gasteiger partial charge in [-0.3, -0.25) is 9.59 Å². The van der Waals surface area contributed by atoms with Gasteiger partial charge < -0.3 is 20.1 Å². The number of aliphatic carboxylic acids is 1. The van der Waals surface area contributed by atoms with Crippen molar-refractivity contribution in [3.63, 3.8) is 0 Å². The highest BCUT2D eigenvalue weighted by atomic mass is 32.2. The molecule has 1 saturated carbocycles. The number of thioether (sulfide) groups is 1. The Bertz CT molecular complexity index is 1060. The van der Waals surface area contributed by atoms with Crippen molar-refractivity contribution in [2.24, 2.45) is 5.92 Å². The van der Waals surface area contributed by atoms with Gasteiger partial charge in [0, 0.05) is 37.2 Å². The molecule has 2 aliphatic carbocycles. The Morgan fingerprint density at radius 2 is 1.71 bits per heavy atom. The van der Waals surface area contributed by atoms with Crippen molar-refractivity contribution in [2.45, 2.75) is 36.5 Å². The second-order valence-electron chi connectivity index (χ2n) is 9.16. The van der Waals surface area contributed by atoms with Crippen molar-refractivity contribution < 1.29 is 24.2 Å². The molecule has 7 nitrogen and oxygen atoms in total. The maximum atomic E-state index is 12.9. The highest BCUT2D eigenvalue weighted by Gasteiger charge is 2.37. The minimum absolute atomic E-state index is 0.0158. The molecule has 0 aromatic heterocycles. The summed E-state index contributed by atoms with van der Waals surface area (Å²) in [6.07, 6.45) is 1.60. The van der Waals surface area contributed by atoms with Crippen LogP contribution in [0.4, 0.5) is 4.79 Å². The fraction of sp³-hybridized carbons (Fsp3) is 0.423. The summed E-state index contributed by atoms with van der Waals surface area (Å²) in [5.41, 5.74) is 4.66. The Labute approximate surface area is 202 Å². The number of amides is 2. The van der Waals surface area contributed by atoms with Crippen molar-refractivity contribution in [1.82, 2.24) is 10.2 Å². The molecular weight excluding hydrogens is 452 g/mol. The zero-order valence-electron chi connectivity index (χ0n) is 18.8. The molecule has 0 bridgehead atoms. The number of carbonyl (C=O) groups excluding carboxylic acids is 2. The molecule has 0 radical (unpaired) electrons. The molecule has 1 heterocycles. The van der Waals surface area contributed by atoms with Crippen molar-refractivity contribution >= 4 is 29.7 Å². The van der Waals surface area contributed by atoms with Crippen molar-refractivity contribution in [3.8, 4) is 11.1 Å². The Kier molecular flexibility index (Phi) is 6.50. The lowest BCUT2D eigenvalue weighted by atomic mass is 9.98. The van der Waals surface area contributed by atoms with E-state index in [0.29, 0.717) is 12.3 Å². The minimum atomic E-state index is -0.891. The van der Waals surface area contributed by atoms with Crippen molar-refractivity contribution in [1.29, 1.82) is 0 Å². The molecule has 2 aromatic carbocycles. The van der Waals surface area contributed by atoms with Gasteiger partial charge in [0.1, 0.15) is 11.9 Å². The summed E-state index contributed by atoms with van der Waals surface area (Å²) in [6.45, 7) is 0.978. The standard InChI is InChI=1S/C26H28N2O5S/c29-24(28-11-12-34-23(14-28)25(30)31)13-22(16-9-10-16)27-26(32)33-15-21-19-7-3-1-5-17(19)18-6-2-4-8-20(18)21/h1-8,16,21-23H,9-15H2,(H,27,32)(H,30,31). The molecule has 8 heteroatoms. The number of hydrogen-bond acceptors (Lipinski definition) is 5. The van der Waals surface area contributed by atoms with Crippen LogP contribution in [0.25, 0.3) is 11.1 Å². The zero-order chi connectivity index (χ0) is 23.7. The van der Waals surface area contributed by atoms with Crippen LogP contribution in [0.15, 0.2) is 48.5 Å². The number of carboxylic acid groups (broad SMARTS) is 1. The molecule has 2 aromatic rings. The molecule has 178 valence electrons. The monoisotopic (exact) mass is 480 g/mol. The van der Waals surface area contributed by atoms with Crippen LogP contribution in [0.5, 0.6) is 0 Å². The zero-order valence-corrected chi connectivity index (χ0v) is 19.6. The molecule has 1 saturated heterocycles. The summed E-state index contributed by atoms with van der Waals surface area (Å²) in [7, 11) is 0. The molecule has 0 spiro atoms. The third-order valence-electron chi connectivity index (χ3n) is 6.93. The Balaban J connectivity index is 1.19. The van der Waals surface area contributed by atoms with E-state index in [1.165, 1.54) is 22.9 Å². The molecule has 2 amide bonds. The van der Waals surface area contributed by atoms with Crippen LogP contribution < -0.4 is 5.32 Å². The largest absolute Gasteiger partial charge is 0.480 e. The molecule has 2 N–H and O–H groups in total. The normalized spacial score (nSPS) is 20.2. The second-order valence-corrected chi connectivity index (χ2v) is 10.5. The summed E-state index contributed by atoms with van der Waals surface area (Å²) in [5.74, 6) is -0.145. The minimum Gasteiger partial charge on any atom is -0.480 e. The van der Waals surface area contributed by atoms with E-state index in [4.69, 9.17) is 4.74 Å². The van der Waals surface area contributed by atoms with E-state index >= 15 is 0 Å². The molecule has 1 aliphatic heterocycles. The first-order chi connectivity index (χ1) is 16.5. The topological polar surface area (TPSA) is 95.9 Å². The van der Waals surface area contributed by atoms with Crippen LogP contribution in [-0.4, -0.2) is 64.7 Å². The first-order valence-electron chi connectivity index (χ1n) is 11.7. The van der Waals surface area contributed by atoms with Gasteiger partial charge in [0.2, 0.25) is 5.91 Å². The van der Waals surface area contributed by atoms with Crippen LogP contribution in [-0.2, 0) is 14.3 Å². The first kappa shape index (κ1) is 22.8. The Morgan fingerprint density at radius 3 is 2.32 bits per heavy atom. The lowest BCUT2D eigenvalue weighted by Crippen LogP contribution is -2.47. The molecule has 2 atom stereocenters. The number of ether oxygens (including phenoxy) is 1. The average Bonchev–Trinajstić information content (AvgIpc) is 3.65. The van der Waals surface area contributed by atoms with Gasteiger partial charge in [0.15, 0.2) is 0 Å². The summed E-state index contributed by atoms with van der Waals surface area (Å²) in [6, 6.07) is 16.1. The van der Waals surface area contributed by atoms with Crippen LogP contribution in [0.1, 0.15) is 36.3 Å². The maximum absolute atomic E-state index is 12.9. The van der Waals surface area contributed by atoms with Gasteiger partial charge in [0.05, 0.1) is 0 Å². The number of fused-ring (bicyclic) bond motifs is 3. The van der Waals surface area contributed by atoms with Crippen molar-refractivity contribution in [3.05, 3.63) is 59.7 Å². The summed E-state index contributed by atoms with van der Waals surface area (Å²) in [4.78, 5) is 38.5. The van der Waals surface area contributed by atoms with Gasteiger partial charge in [-0.25, -0.2) is 4.79 Å². The molecular formula is C26H28N2O5S. The smallest absolute Gasteiger partial charge is 0.407 e. The van der Waals surface area contributed by atoms with Crippen LogP contribution in [0, 0.1) is 5.92 Å². The second kappa shape index (κ2) is 9.70. The van der Waals surface area contributed by atoms with Gasteiger partial charge in [0.25, 0.3) is 0 Å². The molecule has 5 rings (SSSR count). The summed E-state index contributed by atoms with van der Waals surface area (Å²) < 4.78 is 5.67. The number of carboxylic acids is 1. The van der Waals surface area contributed by atoms with Crippen molar-refractivity contribution in [2.75, 3.05) is 25.4 Å². The lowest BCUT2D eigenvalue weighted by Gasteiger charge is -2.31. The number of benzene rings is 2. The predicted octanol–water partition coefficient (Wildman–Crippen LogP) is 3.72. The SMILES string of the molecule is O=C(NC(CC(=O)N1CCSC(C(=O)O)C1)C1CC1)OCC1c2ccccc2-c2ccccc21. The molecule has 3 aliphatic rings. The van der Waals surface area contributed by atoms with E-state index in [1.807, 2.05) is 24.3 Å². The van der Waals surface area contributed by atoms with Gasteiger partial charge in [-0.1, -0.05) is 48.5 Å². The summed E-state index contributed by atoms with van der Waals surface area (Å²) >= 11 is 1.37. The highest BCUT2D eigenvalue weighted by Crippen LogP contribution is 2.44. The highest BCUT2D eigenvalue weighted by molar-refractivity contribution is 8.00. The lowest BCUT2D eigenvalue weighted by molar-refractivity contribution is -0.138. The van der Waals surface area contributed by atoms with Crippen LogP contribution in [0.3, 0.4) is 0 Å². The average molecular weight is 481 g/mol. The third-order valence-corrected chi connectivity index (χ3v) is 8.10. The van der Waals surface area contributed by atoms with E-state index in [2.05, 4.69) is 29.6 Å².